The van der Waals surface area contributed by atoms with Crippen molar-refractivity contribution in [2.75, 3.05) is 25.2 Å². The van der Waals surface area contributed by atoms with Gasteiger partial charge in [0.1, 0.15) is 36.4 Å². The molecule has 0 saturated heterocycles. The molecule has 1 aromatic carbocycles. The van der Waals surface area contributed by atoms with Crippen LogP contribution in [0.25, 0.3) is 0 Å². The number of oxime groups is 1. The number of amides is 2. The number of carbonyl (C=O) groups is 1. The molecular formula is C14H15FN6O3. The average molecular weight is 334 g/mol. The highest BCUT2D eigenvalue weighted by Gasteiger charge is 2.12. The molecule has 0 fully saturated rings. The van der Waals surface area contributed by atoms with Gasteiger partial charge in [-0.25, -0.2) is 19.2 Å². The number of urea groups is 1. The van der Waals surface area contributed by atoms with Gasteiger partial charge < -0.3 is 25.9 Å². The zero-order chi connectivity index (χ0) is 17.5. The fourth-order valence-electron chi connectivity index (χ4n) is 1.66. The third-order valence-corrected chi connectivity index (χ3v) is 2.80. The van der Waals surface area contributed by atoms with Gasteiger partial charge in [0.05, 0.1) is 11.9 Å². The quantitative estimate of drug-likeness (QED) is 0.565. The Bertz CT molecular complexity index is 768. The maximum atomic E-state index is 14.0. The highest BCUT2D eigenvalue weighted by molar-refractivity contribution is 5.89. The summed E-state index contributed by atoms with van der Waals surface area (Å²) in [6, 6.07) is 3.38. The number of nitrogens with two attached hydrogens (primary N) is 1. The Morgan fingerprint density at radius 2 is 2.21 bits per heavy atom. The average Bonchev–Trinajstić information content (AvgIpc) is 2.56. The predicted molar refractivity (Wildman–Crippen MR) is 85.6 cm³/mol. The van der Waals surface area contributed by atoms with E-state index in [1.165, 1.54) is 38.8 Å². The highest BCUT2D eigenvalue weighted by Crippen LogP contribution is 2.27. The number of nitrogens with one attached hydrogen (secondary N) is 2. The Morgan fingerprint density at radius 1 is 1.42 bits per heavy atom. The third kappa shape index (κ3) is 4.06. The molecular weight excluding hydrogens is 319 g/mol. The lowest BCUT2D eigenvalue weighted by Gasteiger charge is -2.10. The summed E-state index contributed by atoms with van der Waals surface area (Å²) in [7, 11) is 2.79. The van der Waals surface area contributed by atoms with Gasteiger partial charge in [0.2, 0.25) is 5.88 Å². The van der Waals surface area contributed by atoms with E-state index in [1.54, 1.807) is 0 Å². The summed E-state index contributed by atoms with van der Waals surface area (Å²) in [4.78, 5) is 23.6. The molecule has 0 aliphatic heterocycles. The van der Waals surface area contributed by atoms with Gasteiger partial charge in [-0.05, 0) is 12.1 Å². The lowest BCUT2D eigenvalue weighted by atomic mass is 10.3. The van der Waals surface area contributed by atoms with E-state index in [0.29, 0.717) is 0 Å². The molecule has 9 nitrogen and oxygen atoms in total. The van der Waals surface area contributed by atoms with Crippen LogP contribution in [0.15, 0.2) is 29.7 Å². The van der Waals surface area contributed by atoms with Crippen LogP contribution in [0.5, 0.6) is 11.6 Å². The summed E-state index contributed by atoms with van der Waals surface area (Å²) < 4.78 is 19.5. The standard InChI is InChI=1S/C14H15FN6O3/c1-17-14(22)21-11-4-3-8(5-10(11)15)24-13-9(6-20-23-2)12(16)18-7-19-13/h3-7H,1-2H3,(H2,16,18,19)(H2,17,21,22). The minimum atomic E-state index is -0.676. The smallest absolute Gasteiger partial charge is 0.319 e. The summed E-state index contributed by atoms with van der Waals surface area (Å²) in [5.74, 6) is -0.320. The fraction of sp³-hybridized carbons (Fsp3) is 0.143. The van der Waals surface area contributed by atoms with E-state index >= 15 is 0 Å². The van der Waals surface area contributed by atoms with Crippen molar-refractivity contribution in [1.29, 1.82) is 0 Å². The SMILES string of the molecule is CNC(=O)Nc1ccc(Oc2ncnc(N)c2C=NOC)cc1F. The first kappa shape index (κ1) is 16.9. The van der Waals surface area contributed by atoms with Crippen LogP contribution in [0.1, 0.15) is 5.56 Å². The predicted octanol–water partition coefficient (Wildman–Crippen LogP) is 1.72. The number of anilines is 2. The largest absolute Gasteiger partial charge is 0.438 e. The van der Waals surface area contributed by atoms with Crippen LogP contribution < -0.4 is 21.1 Å². The van der Waals surface area contributed by atoms with Crippen LogP contribution in [0, 0.1) is 5.82 Å². The topological polar surface area (TPSA) is 124 Å². The number of aromatic nitrogens is 2. The fourth-order valence-corrected chi connectivity index (χ4v) is 1.66. The first-order chi connectivity index (χ1) is 11.5. The second-order valence-electron chi connectivity index (χ2n) is 4.34. The highest BCUT2D eigenvalue weighted by atomic mass is 19.1. The van der Waals surface area contributed by atoms with Crippen molar-refractivity contribution < 1.29 is 18.8 Å². The molecule has 0 aliphatic rings. The monoisotopic (exact) mass is 334 g/mol. The molecule has 2 rings (SSSR count). The molecule has 2 amide bonds. The summed E-state index contributed by atoms with van der Waals surface area (Å²) in [5.41, 5.74) is 6.02. The van der Waals surface area contributed by atoms with Crippen LogP contribution in [-0.2, 0) is 4.84 Å². The number of hydrogen-bond donors (Lipinski definition) is 3. The van der Waals surface area contributed by atoms with Crippen molar-refractivity contribution in [2.45, 2.75) is 0 Å². The van der Waals surface area contributed by atoms with Crippen LogP contribution >= 0.6 is 0 Å². The van der Waals surface area contributed by atoms with Crippen molar-refractivity contribution in [3.63, 3.8) is 0 Å². The van der Waals surface area contributed by atoms with E-state index in [-0.39, 0.29) is 28.7 Å². The zero-order valence-corrected chi connectivity index (χ0v) is 12.9. The molecule has 2 aromatic rings. The Balaban J connectivity index is 2.26. The molecule has 0 atom stereocenters. The third-order valence-electron chi connectivity index (χ3n) is 2.80. The summed E-state index contributed by atoms with van der Waals surface area (Å²) in [6.07, 6.45) is 2.48. The van der Waals surface area contributed by atoms with Crippen molar-refractivity contribution in [3.8, 4) is 11.6 Å². The van der Waals surface area contributed by atoms with Crippen LogP contribution in [0.2, 0.25) is 0 Å². The van der Waals surface area contributed by atoms with Gasteiger partial charge in [-0.3, -0.25) is 0 Å². The Kier molecular flexibility index (Phi) is 5.45. The maximum absolute atomic E-state index is 14.0. The van der Waals surface area contributed by atoms with E-state index < -0.39 is 11.8 Å². The lowest BCUT2D eigenvalue weighted by molar-refractivity contribution is 0.215. The zero-order valence-electron chi connectivity index (χ0n) is 12.9. The normalized spacial score (nSPS) is 10.5. The number of nitrogens with zero attached hydrogens (tertiary/aromatic N) is 3. The summed E-state index contributed by atoms with van der Waals surface area (Å²) >= 11 is 0. The van der Waals surface area contributed by atoms with E-state index in [9.17, 15) is 9.18 Å². The Labute approximate surface area is 136 Å². The first-order valence-electron chi connectivity index (χ1n) is 6.68. The molecule has 0 radical (unpaired) electrons. The van der Waals surface area contributed by atoms with Crippen molar-refractivity contribution in [3.05, 3.63) is 35.9 Å². The second kappa shape index (κ2) is 7.72. The Hall–Kier alpha value is -3.43. The minimum absolute atomic E-state index is 0.00469. The van der Waals surface area contributed by atoms with Gasteiger partial charge in [0.25, 0.3) is 0 Å². The number of hydrogen-bond acceptors (Lipinski definition) is 7. The Morgan fingerprint density at radius 3 is 2.88 bits per heavy atom. The molecule has 0 unspecified atom stereocenters. The molecule has 0 spiro atoms. The van der Waals surface area contributed by atoms with Crippen LogP contribution in [0.3, 0.4) is 0 Å². The minimum Gasteiger partial charge on any atom is -0.438 e. The molecule has 0 aliphatic carbocycles. The number of rotatable bonds is 5. The van der Waals surface area contributed by atoms with Crippen molar-refractivity contribution in [1.82, 2.24) is 15.3 Å². The van der Waals surface area contributed by atoms with E-state index in [0.717, 1.165) is 6.07 Å². The number of carbonyl (C=O) groups excluding carboxylic acids is 1. The molecule has 1 aromatic heterocycles. The molecule has 1 heterocycles. The maximum Gasteiger partial charge on any atom is 0.319 e. The van der Waals surface area contributed by atoms with Crippen molar-refractivity contribution in [2.24, 2.45) is 5.16 Å². The van der Waals surface area contributed by atoms with Gasteiger partial charge >= 0.3 is 6.03 Å². The number of nitrogen functional groups attached to an aromatic ring is 1. The number of benzene rings is 1. The molecule has 10 heteroatoms. The van der Waals surface area contributed by atoms with Gasteiger partial charge in [-0.15, -0.1) is 0 Å². The van der Waals surface area contributed by atoms with Gasteiger partial charge in [-0.1, -0.05) is 5.16 Å². The van der Waals surface area contributed by atoms with Gasteiger partial charge in [-0.2, -0.15) is 0 Å². The number of halogens is 1. The summed E-state index contributed by atoms with van der Waals surface area (Å²) in [6.45, 7) is 0. The lowest BCUT2D eigenvalue weighted by Crippen LogP contribution is -2.24. The molecule has 24 heavy (non-hydrogen) atoms. The van der Waals surface area contributed by atoms with Crippen LogP contribution in [0.4, 0.5) is 20.7 Å². The summed E-state index contributed by atoms with van der Waals surface area (Å²) in [5, 5.41) is 8.24. The molecule has 0 saturated carbocycles. The molecule has 4 N–H and O–H groups in total. The second-order valence-corrected chi connectivity index (χ2v) is 4.34. The first-order valence-corrected chi connectivity index (χ1v) is 6.68. The van der Waals surface area contributed by atoms with E-state index in [1.807, 2.05) is 0 Å². The number of ether oxygens (including phenoxy) is 1. The van der Waals surface area contributed by atoms with Crippen LogP contribution in [-0.4, -0.2) is 36.4 Å². The van der Waals surface area contributed by atoms with Crippen molar-refractivity contribution >= 4 is 23.8 Å². The van der Waals surface area contributed by atoms with E-state index in [4.69, 9.17) is 10.5 Å². The van der Waals surface area contributed by atoms with Gasteiger partial charge in [0, 0.05) is 13.1 Å². The van der Waals surface area contributed by atoms with Gasteiger partial charge in [0.15, 0.2) is 0 Å². The van der Waals surface area contributed by atoms with E-state index in [2.05, 4.69) is 30.6 Å². The molecule has 0 bridgehead atoms. The molecule has 126 valence electrons.